The van der Waals surface area contributed by atoms with Crippen molar-refractivity contribution in [1.29, 1.82) is 0 Å². The number of halogens is 3. The summed E-state index contributed by atoms with van der Waals surface area (Å²) >= 11 is 5.10. The summed E-state index contributed by atoms with van der Waals surface area (Å²) < 4.78 is 43.9. The van der Waals surface area contributed by atoms with Crippen molar-refractivity contribution in [2.24, 2.45) is 0 Å². The van der Waals surface area contributed by atoms with Gasteiger partial charge in [0.05, 0.1) is 5.56 Å². The van der Waals surface area contributed by atoms with E-state index >= 15 is 0 Å². The minimum Gasteiger partial charge on any atom is -0.418 e. The van der Waals surface area contributed by atoms with Crippen molar-refractivity contribution < 1.29 is 17.6 Å². The van der Waals surface area contributed by atoms with Crippen LogP contribution in [0.15, 0.2) is 28.9 Å². The topological polar surface area (TPSA) is 54.7 Å². The predicted octanol–water partition coefficient (Wildman–Crippen LogP) is 4.27. The number of rotatable bonds is 1. The molecule has 1 N–H and O–H groups in total. The molecule has 0 aliphatic rings. The lowest BCUT2D eigenvalue weighted by molar-refractivity contribution is -0.137. The number of aromatic amines is 1. The molecule has 0 saturated carbocycles. The maximum Gasteiger partial charge on any atom is 0.417 e. The summed E-state index contributed by atoms with van der Waals surface area (Å²) in [5, 5.41) is 0. The number of nitrogens with zero attached hydrogens (tertiary/aromatic N) is 2. The molecule has 0 bridgehead atoms. The molecule has 0 aliphatic carbocycles. The van der Waals surface area contributed by atoms with Crippen LogP contribution in [-0.4, -0.2) is 15.0 Å². The summed E-state index contributed by atoms with van der Waals surface area (Å²) in [6.07, 6.45) is -2.12. The van der Waals surface area contributed by atoms with E-state index in [1.165, 1.54) is 0 Å². The van der Waals surface area contributed by atoms with Crippen molar-refractivity contribution in [1.82, 2.24) is 15.0 Å². The highest BCUT2D eigenvalue weighted by atomic mass is 32.1. The molecule has 0 aromatic carbocycles. The first-order chi connectivity index (χ1) is 9.86. The number of fused-ring (bicyclic) bond motifs is 1. The minimum absolute atomic E-state index is 0.0520. The molecule has 108 valence electrons. The fourth-order valence-corrected chi connectivity index (χ4v) is 2.06. The maximum atomic E-state index is 12.6. The third kappa shape index (κ3) is 2.42. The molecule has 4 nitrogen and oxygen atoms in total. The Bertz CT molecular complexity index is 882. The van der Waals surface area contributed by atoms with Crippen LogP contribution in [0, 0.1) is 11.6 Å². The van der Waals surface area contributed by atoms with Crippen LogP contribution in [0.2, 0.25) is 0 Å². The van der Waals surface area contributed by atoms with E-state index < -0.39 is 11.7 Å². The van der Waals surface area contributed by atoms with E-state index in [0.29, 0.717) is 10.2 Å². The normalized spacial score (nSPS) is 12.0. The molecule has 3 heterocycles. The zero-order chi connectivity index (χ0) is 15.2. The number of nitrogens with one attached hydrogen (secondary N) is 1. The Morgan fingerprint density at radius 2 is 2.10 bits per heavy atom. The van der Waals surface area contributed by atoms with Gasteiger partial charge in [-0.25, -0.2) is 9.97 Å². The molecular formula is C13H8F3N3OS. The zero-order valence-electron chi connectivity index (χ0n) is 10.7. The molecule has 0 amide bonds. The quantitative estimate of drug-likeness (QED) is 0.682. The number of oxazole rings is 1. The average molecular weight is 311 g/mol. The summed E-state index contributed by atoms with van der Waals surface area (Å²) in [4.78, 5) is 10.6. The number of pyridine rings is 2. The van der Waals surface area contributed by atoms with E-state index in [-0.39, 0.29) is 17.1 Å². The van der Waals surface area contributed by atoms with Crippen molar-refractivity contribution in [2.75, 3.05) is 0 Å². The molecule has 0 fully saturated rings. The second kappa shape index (κ2) is 4.66. The summed E-state index contributed by atoms with van der Waals surface area (Å²) in [5.41, 5.74) is 0.589. The van der Waals surface area contributed by atoms with E-state index in [9.17, 15) is 13.2 Å². The Hall–Kier alpha value is -2.22. The number of hydrogen-bond acceptors (Lipinski definition) is 4. The summed E-state index contributed by atoms with van der Waals surface area (Å²) in [6.45, 7) is 1.78. The number of alkyl halides is 3. The van der Waals surface area contributed by atoms with Crippen LogP contribution in [0.5, 0.6) is 0 Å². The van der Waals surface area contributed by atoms with E-state index in [4.69, 9.17) is 16.6 Å². The molecule has 0 atom stereocenters. The van der Waals surface area contributed by atoms with Crippen molar-refractivity contribution in [3.63, 3.8) is 0 Å². The fourth-order valence-electron chi connectivity index (χ4n) is 1.88. The van der Waals surface area contributed by atoms with Crippen molar-refractivity contribution >= 4 is 23.4 Å². The van der Waals surface area contributed by atoms with E-state index in [1.54, 1.807) is 19.2 Å². The first-order valence-corrected chi connectivity index (χ1v) is 6.29. The first kappa shape index (κ1) is 13.7. The average Bonchev–Trinajstić information content (AvgIpc) is 2.83. The van der Waals surface area contributed by atoms with Gasteiger partial charge < -0.3 is 9.40 Å². The highest BCUT2D eigenvalue weighted by Gasteiger charge is 2.31. The minimum atomic E-state index is -4.47. The molecule has 3 aromatic heterocycles. The molecule has 21 heavy (non-hydrogen) atoms. The highest BCUT2D eigenvalue weighted by Crippen LogP contribution is 2.32. The molecule has 0 unspecified atom stereocenters. The molecule has 0 spiro atoms. The molecule has 3 aromatic rings. The van der Waals surface area contributed by atoms with Gasteiger partial charge in [-0.05, 0) is 24.6 Å². The third-order valence-electron chi connectivity index (χ3n) is 3.01. The Kier molecular flexibility index (Phi) is 3.05. The molecule has 0 radical (unpaired) electrons. The van der Waals surface area contributed by atoms with Crippen LogP contribution in [0.1, 0.15) is 11.1 Å². The Labute approximate surface area is 121 Å². The van der Waals surface area contributed by atoms with Gasteiger partial charge in [0, 0.05) is 18.0 Å². The molecular weight excluding hydrogens is 303 g/mol. The van der Waals surface area contributed by atoms with Gasteiger partial charge in [0.15, 0.2) is 0 Å². The SMILES string of the molecule is Cc1c(-c2nc3cc(C(F)(F)F)cnc3o2)cc[nH]c1=S. The standard InChI is InChI=1S/C13H8F3N3OS/c1-6-8(2-3-17-12(6)21)10-19-9-4-7(13(14,15)16)5-18-11(9)20-10/h2-5H,1H3,(H,17,21). The summed E-state index contributed by atoms with van der Waals surface area (Å²) in [7, 11) is 0. The number of aromatic nitrogens is 3. The molecule has 0 saturated heterocycles. The van der Waals surface area contributed by atoms with E-state index in [1.807, 2.05) is 0 Å². The second-order valence-electron chi connectivity index (χ2n) is 4.41. The smallest absolute Gasteiger partial charge is 0.417 e. The monoisotopic (exact) mass is 311 g/mol. The van der Waals surface area contributed by atoms with E-state index in [0.717, 1.165) is 17.8 Å². The van der Waals surface area contributed by atoms with Gasteiger partial charge >= 0.3 is 6.18 Å². The van der Waals surface area contributed by atoms with Gasteiger partial charge in [-0.1, -0.05) is 12.2 Å². The predicted molar refractivity (Wildman–Crippen MR) is 72.2 cm³/mol. The molecule has 3 rings (SSSR count). The number of H-pyrrole nitrogens is 1. The highest BCUT2D eigenvalue weighted by molar-refractivity contribution is 7.71. The van der Waals surface area contributed by atoms with Gasteiger partial charge in [0.1, 0.15) is 10.2 Å². The lowest BCUT2D eigenvalue weighted by atomic mass is 10.1. The second-order valence-corrected chi connectivity index (χ2v) is 4.82. The Morgan fingerprint density at radius 1 is 1.33 bits per heavy atom. The zero-order valence-corrected chi connectivity index (χ0v) is 11.5. The largest absolute Gasteiger partial charge is 0.418 e. The van der Waals surface area contributed by atoms with Gasteiger partial charge in [-0.2, -0.15) is 13.2 Å². The van der Waals surface area contributed by atoms with Gasteiger partial charge in [0.25, 0.3) is 0 Å². The lowest BCUT2D eigenvalue weighted by Gasteiger charge is -2.03. The Morgan fingerprint density at radius 3 is 2.81 bits per heavy atom. The van der Waals surface area contributed by atoms with Crippen LogP contribution in [0.3, 0.4) is 0 Å². The fraction of sp³-hybridized carbons (Fsp3) is 0.154. The third-order valence-corrected chi connectivity index (χ3v) is 3.44. The molecule has 8 heteroatoms. The van der Waals surface area contributed by atoms with Crippen molar-refractivity contribution in [3.8, 4) is 11.5 Å². The number of hydrogen-bond donors (Lipinski definition) is 1. The van der Waals surface area contributed by atoms with Crippen LogP contribution < -0.4 is 0 Å². The first-order valence-electron chi connectivity index (χ1n) is 5.89. The van der Waals surface area contributed by atoms with Crippen molar-refractivity contribution in [3.05, 3.63) is 40.3 Å². The van der Waals surface area contributed by atoms with Crippen LogP contribution >= 0.6 is 12.2 Å². The van der Waals surface area contributed by atoms with Crippen LogP contribution in [0.25, 0.3) is 22.7 Å². The Balaban J connectivity index is 2.18. The van der Waals surface area contributed by atoms with Gasteiger partial charge in [-0.3, -0.25) is 0 Å². The maximum absolute atomic E-state index is 12.6. The summed E-state index contributed by atoms with van der Waals surface area (Å²) in [6, 6.07) is 2.61. The van der Waals surface area contributed by atoms with Gasteiger partial charge in [0.2, 0.25) is 11.6 Å². The lowest BCUT2D eigenvalue weighted by Crippen LogP contribution is -2.04. The molecule has 0 aliphatic heterocycles. The van der Waals surface area contributed by atoms with Crippen molar-refractivity contribution in [2.45, 2.75) is 13.1 Å². The van der Waals surface area contributed by atoms with Crippen LogP contribution in [0.4, 0.5) is 13.2 Å². The van der Waals surface area contributed by atoms with Crippen LogP contribution in [-0.2, 0) is 6.18 Å². The summed E-state index contributed by atoms with van der Waals surface area (Å²) in [5.74, 6) is 0.189. The van der Waals surface area contributed by atoms with Gasteiger partial charge in [-0.15, -0.1) is 0 Å². The van der Waals surface area contributed by atoms with E-state index in [2.05, 4.69) is 15.0 Å².